The fourth-order valence-electron chi connectivity index (χ4n) is 7.89. The van der Waals surface area contributed by atoms with Crippen LogP contribution in [0.15, 0.2) is 42.5 Å². The molecule has 2 aliphatic carbocycles. The van der Waals surface area contributed by atoms with Crippen LogP contribution >= 0.6 is 22.7 Å². The molecule has 1 saturated heterocycles. The van der Waals surface area contributed by atoms with E-state index in [0.29, 0.717) is 24.3 Å². The summed E-state index contributed by atoms with van der Waals surface area (Å²) in [4.78, 5) is 14.3. The van der Waals surface area contributed by atoms with E-state index in [1.54, 1.807) is 6.08 Å². The van der Waals surface area contributed by atoms with Crippen LogP contribution in [0.1, 0.15) is 73.1 Å². The quantitative estimate of drug-likeness (QED) is 0.204. The third-order valence-corrected chi connectivity index (χ3v) is 11.8. The number of aldehydes is 1. The van der Waals surface area contributed by atoms with Crippen molar-refractivity contribution in [2.45, 2.75) is 74.9 Å². The van der Waals surface area contributed by atoms with Gasteiger partial charge in [-0.3, -0.25) is 4.79 Å². The highest BCUT2D eigenvalue weighted by Crippen LogP contribution is 2.66. The van der Waals surface area contributed by atoms with E-state index in [4.69, 9.17) is 4.74 Å². The van der Waals surface area contributed by atoms with E-state index in [0.717, 1.165) is 66.5 Å². The summed E-state index contributed by atoms with van der Waals surface area (Å²) in [6.07, 6.45) is 9.10. The third-order valence-electron chi connectivity index (χ3n) is 9.81. The lowest BCUT2D eigenvalue weighted by atomic mass is 9.64. The molecule has 232 valence electrons. The van der Waals surface area contributed by atoms with Crippen molar-refractivity contribution in [3.63, 3.8) is 0 Å². The second-order valence-corrected chi connectivity index (χ2v) is 14.6. The van der Waals surface area contributed by atoms with E-state index in [1.807, 2.05) is 18.2 Å². The largest absolute Gasteiger partial charge is 0.380 e. The van der Waals surface area contributed by atoms with Gasteiger partial charge in [-0.25, -0.2) is 0 Å². The number of benzene rings is 1. The molecule has 0 radical (unpaired) electrons. The number of aryl methyl sites for hydroxylation is 2. The summed E-state index contributed by atoms with van der Waals surface area (Å²) in [6, 6.07) is 10.5. The Bertz CT molecular complexity index is 1730. The van der Waals surface area contributed by atoms with Crippen LogP contribution in [0, 0.1) is 13.8 Å². The summed E-state index contributed by atoms with van der Waals surface area (Å²) >= 11 is 1.87. The van der Waals surface area contributed by atoms with E-state index in [-0.39, 0.29) is 25.6 Å². The Morgan fingerprint density at radius 2 is 1.43 bits per heavy atom. The lowest BCUT2D eigenvalue weighted by Crippen LogP contribution is -2.55. The number of hydrogen-bond donors (Lipinski definition) is 0. The van der Waals surface area contributed by atoms with Crippen LogP contribution in [-0.2, 0) is 10.2 Å². The first-order valence-corrected chi connectivity index (χ1v) is 16.2. The molecule has 11 heteroatoms. The Morgan fingerprint density at radius 1 is 0.841 bits per heavy atom. The molecule has 2 aliphatic heterocycles. The molecule has 4 aliphatic rings. The minimum absolute atomic E-state index is 0.0149. The normalized spacial score (nSPS) is 26.1. The predicted octanol–water partition coefficient (Wildman–Crippen LogP) is 9.53. The molecule has 4 heterocycles. The highest BCUT2D eigenvalue weighted by atomic mass is 32.1. The second-order valence-electron chi connectivity index (χ2n) is 12.0. The number of nitrogens with zero attached hydrogens (tertiary/aromatic N) is 1. The standard InChI is InChI=1S/C33H29F6NO2S2/c1-19-23(27-28(24-17-22(18-41)44-20(24)2)32(36,37)33(38,39)31(27,34)35)16-21(43-19)10-13-30-29(11-6-3-7-12-29)25-8-4-5-9-26(25)40(30)14-15-42-30/h4-5,8-10,13,16-18H,3,6-7,11-12,14-15H2,1-2H3/b13-10-. The Balaban J connectivity index is 1.37. The van der Waals surface area contributed by atoms with Crippen molar-refractivity contribution in [1.29, 1.82) is 0 Å². The molecule has 1 atom stereocenters. The maximum Gasteiger partial charge on any atom is 0.380 e. The van der Waals surface area contributed by atoms with Crippen molar-refractivity contribution < 1.29 is 35.9 Å². The zero-order valence-electron chi connectivity index (χ0n) is 24.0. The monoisotopic (exact) mass is 649 g/mol. The minimum Gasteiger partial charge on any atom is -0.349 e. The fourth-order valence-corrected chi connectivity index (χ4v) is 9.68. The molecule has 0 amide bonds. The molecule has 0 N–H and O–H groups in total. The number of para-hydroxylation sites is 1. The van der Waals surface area contributed by atoms with Crippen molar-refractivity contribution in [3.05, 3.63) is 78.7 Å². The van der Waals surface area contributed by atoms with Gasteiger partial charge in [-0.2, -0.15) is 26.3 Å². The lowest BCUT2D eigenvalue weighted by Gasteiger charge is -2.46. The van der Waals surface area contributed by atoms with Gasteiger partial charge in [-0.1, -0.05) is 37.5 Å². The molecule has 3 nitrogen and oxygen atoms in total. The number of carbonyl (C=O) groups is 1. The van der Waals surface area contributed by atoms with Crippen LogP contribution < -0.4 is 4.90 Å². The van der Waals surface area contributed by atoms with E-state index >= 15 is 17.6 Å². The smallest absolute Gasteiger partial charge is 0.349 e. The summed E-state index contributed by atoms with van der Waals surface area (Å²) in [6.45, 7) is 4.00. The predicted molar refractivity (Wildman–Crippen MR) is 161 cm³/mol. The second kappa shape index (κ2) is 9.80. The average Bonchev–Trinajstić information content (AvgIpc) is 3.75. The summed E-state index contributed by atoms with van der Waals surface area (Å²) in [5, 5.41) is 0. The number of rotatable bonds is 5. The maximum absolute atomic E-state index is 15.5. The molecule has 44 heavy (non-hydrogen) atoms. The van der Waals surface area contributed by atoms with Gasteiger partial charge in [0, 0.05) is 43.4 Å². The van der Waals surface area contributed by atoms with Gasteiger partial charge in [0.15, 0.2) is 12.0 Å². The number of fused-ring (bicyclic) bond motifs is 5. The van der Waals surface area contributed by atoms with Crippen molar-refractivity contribution in [1.82, 2.24) is 0 Å². The highest BCUT2D eigenvalue weighted by molar-refractivity contribution is 7.14. The Hall–Kier alpha value is -2.89. The van der Waals surface area contributed by atoms with E-state index in [1.165, 1.54) is 25.5 Å². The Morgan fingerprint density at radius 3 is 2.05 bits per heavy atom. The van der Waals surface area contributed by atoms with Crippen LogP contribution in [-0.4, -0.2) is 42.9 Å². The van der Waals surface area contributed by atoms with Gasteiger partial charge >= 0.3 is 17.8 Å². The topological polar surface area (TPSA) is 29.5 Å². The summed E-state index contributed by atoms with van der Waals surface area (Å²) in [5.41, 5.74) is -2.44. The van der Waals surface area contributed by atoms with Gasteiger partial charge in [0.05, 0.1) is 11.5 Å². The van der Waals surface area contributed by atoms with E-state index < -0.39 is 40.2 Å². The SMILES string of the molecule is Cc1sc(C=O)cc1C1=C(c2cc(/C=C\C34OCCN3c3ccccc3C43CCCCC3)sc2C)C(F)(F)C(F)(F)C1(F)F. The first kappa shape index (κ1) is 29.8. The number of hydrogen-bond acceptors (Lipinski definition) is 5. The number of halogens is 6. The highest BCUT2D eigenvalue weighted by Gasteiger charge is 2.80. The first-order valence-electron chi connectivity index (χ1n) is 14.6. The van der Waals surface area contributed by atoms with Crippen LogP contribution in [0.2, 0.25) is 0 Å². The average molecular weight is 650 g/mol. The number of alkyl halides is 6. The van der Waals surface area contributed by atoms with Gasteiger partial charge < -0.3 is 9.64 Å². The van der Waals surface area contributed by atoms with Crippen molar-refractivity contribution >= 4 is 51.9 Å². The number of thiophene rings is 2. The van der Waals surface area contributed by atoms with E-state index in [2.05, 4.69) is 17.0 Å². The summed E-state index contributed by atoms with van der Waals surface area (Å²) < 4.78 is 98.2. The van der Waals surface area contributed by atoms with Gasteiger partial charge in [0.1, 0.15) is 0 Å². The molecular formula is C33H29F6NO2S2. The zero-order valence-corrected chi connectivity index (χ0v) is 25.6. The van der Waals surface area contributed by atoms with Crippen LogP contribution in [0.3, 0.4) is 0 Å². The maximum atomic E-state index is 15.5. The molecular weight excluding hydrogens is 620 g/mol. The van der Waals surface area contributed by atoms with Gasteiger partial charge in [-0.05, 0) is 73.7 Å². The van der Waals surface area contributed by atoms with Crippen molar-refractivity contribution in [2.24, 2.45) is 0 Å². The van der Waals surface area contributed by atoms with Crippen molar-refractivity contribution in [3.8, 4) is 0 Å². The van der Waals surface area contributed by atoms with Gasteiger partial charge in [0.25, 0.3) is 0 Å². The number of allylic oxidation sites excluding steroid dienone is 2. The van der Waals surface area contributed by atoms with Gasteiger partial charge in [0.2, 0.25) is 0 Å². The third kappa shape index (κ3) is 3.69. The number of carbonyl (C=O) groups excluding carboxylic acids is 1. The molecule has 2 aromatic heterocycles. The first-order chi connectivity index (χ1) is 20.8. The summed E-state index contributed by atoms with van der Waals surface area (Å²) in [5.74, 6) is -16.0. The fraction of sp³-hybridized carbons (Fsp3) is 0.424. The number of ether oxygens (including phenoxy) is 1. The molecule has 1 unspecified atom stereocenters. The molecule has 2 fully saturated rings. The molecule has 7 rings (SSSR count). The Labute approximate surface area is 258 Å². The van der Waals surface area contributed by atoms with Crippen molar-refractivity contribution in [2.75, 3.05) is 18.1 Å². The molecule has 1 spiro atoms. The lowest BCUT2D eigenvalue weighted by molar-refractivity contribution is -0.254. The molecule has 3 aromatic rings. The number of anilines is 1. The summed E-state index contributed by atoms with van der Waals surface area (Å²) in [7, 11) is 0. The molecule has 1 aromatic carbocycles. The molecule has 1 saturated carbocycles. The van der Waals surface area contributed by atoms with Crippen LogP contribution in [0.5, 0.6) is 0 Å². The Kier molecular flexibility index (Phi) is 6.64. The minimum atomic E-state index is -5.66. The molecule has 0 bridgehead atoms. The van der Waals surface area contributed by atoms with Gasteiger partial charge in [-0.15, -0.1) is 22.7 Å². The van der Waals surface area contributed by atoms with Crippen LogP contribution in [0.25, 0.3) is 17.2 Å². The van der Waals surface area contributed by atoms with Crippen LogP contribution in [0.4, 0.5) is 32.0 Å². The van der Waals surface area contributed by atoms with E-state index in [9.17, 15) is 13.6 Å². The zero-order chi connectivity index (χ0) is 31.3.